The number of hydrogen-bond donors (Lipinski definition) is 1. The summed E-state index contributed by atoms with van der Waals surface area (Å²) in [4.78, 5) is 45.1. The number of methoxy groups -OCH3 is 1. The Bertz CT molecular complexity index is 2170. The Morgan fingerprint density at radius 1 is 0.673 bits per heavy atom. The molecule has 8 rings (SSSR count). The van der Waals surface area contributed by atoms with Crippen molar-refractivity contribution in [3.63, 3.8) is 0 Å². The fourth-order valence-electron chi connectivity index (χ4n) is 6.00. The van der Waals surface area contributed by atoms with Gasteiger partial charge in [0.15, 0.2) is 0 Å². The average molecular weight is 709 g/mol. The molecular weight excluding hydrogens is 667 g/mol. The molecule has 0 saturated carbocycles. The van der Waals surface area contributed by atoms with E-state index in [1.54, 1.807) is 30.6 Å². The number of esters is 1. The van der Waals surface area contributed by atoms with Crippen molar-refractivity contribution in [1.82, 2.24) is 19.9 Å². The number of carboxylic acid groups (broad SMARTS) is 1. The second-order valence-electron chi connectivity index (χ2n) is 12.3. The number of benzene rings is 2. The molecule has 11 nitrogen and oxygen atoms in total. The predicted molar refractivity (Wildman–Crippen MR) is 198 cm³/mol. The van der Waals surface area contributed by atoms with E-state index in [4.69, 9.17) is 9.84 Å². The van der Waals surface area contributed by atoms with Gasteiger partial charge >= 0.3 is 41.5 Å². The number of hydrogen-bond acceptors (Lipinski definition) is 10. The molecule has 0 amide bonds. The number of aromatic nitrogens is 4. The Labute approximate surface area is 325 Å². The van der Waals surface area contributed by atoms with E-state index in [9.17, 15) is 9.59 Å². The molecule has 6 heterocycles. The van der Waals surface area contributed by atoms with Crippen molar-refractivity contribution in [2.45, 2.75) is 33.1 Å². The summed E-state index contributed by atoms with van der Waals surface area (Å²) >= 11 is 0. The van der Waals surface area contributed by atoms with Crippen molar-refractivity contribution in [3.05, 3.63) is 131 Å². The summed E-state index contributed by atoms with van der Waals surface area (Å²) in [6.45, 7) is 4.41. The van der Waals surface area contributed by atoms with Crippen molar-refractivity contribution in [3.8, 4) is 0 Å². The molecule has 0 aliphatic carbocycles. The maximum Gasteiger partial charge on any atom is 1.00 e. The molecule has 2 N–H and O–H groups in total. The Kier molecular flexibility index (Phi) is 13.8. The van der Waals surface area contributed by atoms with Crippen LogP contribution in [0.5, 0.6) is 0 Å². The van der Waals surface area contributed by atoms with Crippen LogP contribution in [0.15, 0.2) is 97.6 Å². The van der Waals surface area contributed by atoms with Crippen LogP contribution in [0.4, 0.5) is 11.4 Å². The summed E-state index contributed by atoms with van der Waals surface area (Å²) in [7, 11) is 1.38. The summed E-state index contributed by atoms with van der Waals surface area (Å²) in [5.74, 6) is -1.27. The van der Waals surface area contributed by atoms with Gasteiger partial charge in [0.2, 0.25) is 0 Å². The van der Waals surface area contributed by atoms with Crippen molar-refractivity contribution in [2.24, 2.45) is 0 Å². The minimum absolute atomic E-state index is 0. The number of nitrogens with zero attached hydrogens (tertiary/aromatic N) is 6. The van der Waals surface area contributed by atoms with Gasteiger partial charge in [-0.3, -0.25) is 19.9 Å². The summed E-state index contributed by atoms with van der Waals surface area (Å²) < 4.78 is 4.77. The molecule has 0 spiro atoms. The zero-order chi connectivity index (χ0) is 33.7. The van der Waals surface area contributed by atoms with Gasteiger partial charge in [0.1, 0.15) is 0 Å². The fraction of sp³-hybridized carbons (Fsp3) is 0.250. The van der Waals surface area contributed by atoms with E-state index in [1.165, 1.54) is 31.7 Å². The van der Waals surface area contributed by atoms with Crippen LogP contribution in [-0.2, 0) is 17.6 Å². The number of fused-ring (bicyclic) bond motifs is 2. The third-order valence-corrected chi connectivity index (χ3v) is 8.98. The monoisotopic (exact) mass is 708 g/mol. The second kappa shape index (κ2) is 18.0. The fourth-order valence-corrected chi connectivity index (χ4v) is 6.00. The number of pyridine rings is 4. The first-order chi connectivity index (χ1) is 23.9. The van der Waals surface area contributed by atoms with E-state index >= 15 is 0 Å². The quantitative estimate of drug-likeness (QED) is 0.182. The normalized spacial score (nSPS) is 12.9. The molecule has 2 saturated heterocycles. The molecule has 2 aliphatic heterocycles. The predicted octanol–water partition coefficient (Wildman–Crippen LogP) is 3.81. The van der Waals surface area contributed by atoms with Crippen molar-refractivity contribution >= 4 is 45.1 Å². The third kappa shape index (κ3) is 9.29. The number of carbonyl (C=O) groups excluding carboxylic acids is 1. The van der Waals surface area contributed by atoms with Crippen LogP contribution >= 0.6 is 0 Å². The van der Waals surface area contributed by atoms with Crippen LogP contribution in [0.25, 0.3) is 21.8 Å². The maximum absolute atomic E-state index is 11.7. The van der Waals surface area contributed by atoms with Crippen LogP contribution in [0, 0.1) is 0 Å². The van der Waals surface area contributed by atoms with Gasteiger partial charge in [-0.15, -0.1) is 0 Å². The van der Waals surface area contributed by atoms with Crippen LogP contribution in [0.2, 0.25) is 0 Å². The van der Waals surface area contributed by atoms with E-state index in [0.717, 1.165) is 76.2 Å². The maximum atomic E-state index is 11.7. The molecule has 12 heteroatoms. The van der Waals surface area contributed by atoms with Crippen molar-refractivity contribution in [1.29, 1.82) is 0 Å². The molecule has 0 atom stereocenters. The number of rotatable bonds is 8. The van der Waals surface area contributed by atoms with E-state index in [2.05, 4.69) is 60.1 Å². The summed E-state index contributed by atoms with van der Waals surface area (Å²) in [6.07, 6.45) is 10.8. The molecule has 0 bridgehead atoms. The number of carbonyl (C=O) groups is 2. The Hall–Kier alpha value is -4.94. The first-order valence-electron chi connectivity index (χ1n) is 16.4. The molecule has 0 radical (unpaired) electrons. The van der Waals surface area contributed by atoms with Crippen molar-refractivity contribution in [2.75, 3.05) is 43.1 Å². The molecular formula is C40H41N6NaO5. The minimum Gasteiger partial charge on any atom is -0.870 e. The summed E-state index contributed by atoms with van der Waals surface area (Å²) in [6, 6.07) is 23.3. The third-order valence-electron chi connectivity index (χ3n) is 8.98. The zero-order valence-electron chi connectivity index (χ0n) is 28.7. The van der Waals surface area contributed by atoms with E-state index < -0.39 is 5.97 Å². The van der Waals surface area contributed by atoms with Crippen LogP contribution in [0.3, 0.4) is 0 Å². The van der Waals surface area contributed by atoms with Crippen molar-refractivity contribution < 1.29 is 54.5 Å². The summed E-state index contributed by atoms with van der Waals surface area (Å²) in [5.41, 5.74) is 8.93. The van der Waals surface area contributed by atoms with Crippen LogP contribution < -0.4 is 39.4 Å². The number of anilines is 2. The summed E-state index contributed by atoms with van der Waals surface area (Å²) in [5, 5.41) is 11.3. The van der Waals surface area contributed by atoms with Gasteiger partial charge in [-0.1, -0.05) is 19.6 Å². The number of ether oxygens (including phenoxy) is 1. The molecule has 2 fully saturated rings. The average Bonchev–Trinajstić information content (AvgIpc) is 3.07. The standard InChI is InChI=1S/C20H19N3O2.C19H17N3O2.CH4.Na.H2O/c1-25-20(24)15-5-6-21-17(11-15)10-14-3-4-19-16(9-14)12-18(13-22-19)23-7-2-8-23;23-19(24)14-4-5-20-16(10-14)9-13-2-3-18-15(8-13)11-17(12-21-18)22-6-1-7-22;;;/h3-6,9,11-13H,2,7-8,10H2,1H3;2-5,8,10-12H,1,6-7,9H2,(H,23,24);1H4;;1H2/q;;;+1;/p-1. The molecule has 2 aliphatic rings. The van der Waals surface area contributed by atoms with E-state index in [0.29, 0.717) is 18.4 Å². The van der Waals surface area contributed by atoms with Gasteiger partial charge in [-0.25, -0.2) is 9.59 Å². The minimum atomic E-state index is -0.930. The van der Waals surface area contributed by atoms with Gasteiger partial charge in [0.05, 0.1) is 53.0 Å². The molecule has 262 valence electrons. The van der Waals surface area contributed by atoms with Gasteiger partial charge < -0.3 is 25.1 Å². The van der Waals surface area contributed by atoms with Gasteiger partial charge in [0, 0.05) is 73.6 Å². The van der Waals surface area contributed by atoms with E-state index in [1.807, 2.05) is 30.6 Å². The first kappa shape index (κ1) is 39.8. The molecule has 2 aromatic carbocycles. The van der Waals surface area contributed by atoms with Crippen LogP contribution in [0.1, 0.15) is 63.5 Å². The number of carboxylic acids is 1. The molecule has 4 aromatic heterocycles. The molecule has 52 heavy (non-hydrogen) atoms. The smallest absolute Gasteiger partial charge is 0.870 e. The zero-order valence-corrected chi connectivity index (χ0v) is 30.7. The van der Waals surface area contributed by atoms with Gasteiger partial charge in [-0.2, -0.15) is 0 Å². The Morgan fingerprint density at radius 2 is 1.13 bits per heavy atom. The SMILES string of the molecule is C.COC(=O)c1ccnc(Cc2ccc3ncc(N4CCC4)cc3c2)c1.O=C(O)c1ccnc(Cc2ccc3ncc(N4CCC4)cc3c2)c1.[Na+].[OH-]. The van der Waals surface area contributed by atoms with Crippen LogP contribution in [-0.4, -0.2) is 75.7 Å². The topological polar surface area (TPSA) is 152 Å². The first-order valence-corrected chi connectivity index (χ1v) is 16.4. The second-order valence-corrected chi connectivity index (χ2v) is 12.3. The van der Waals surface area contributed by atoms with E-state index in [-0.39, 0.29) is 54.0 Å². The molecule has 6 aromatic rings. The Balaban J connectivity index is 0.000000220. The number of aromatic carboxylic acids is 1. The largest absolute Gasteiger partial charge is 1.00 e. The Morgan fingerprint density at radius 3 is 1.56 bits per heavy atom. The van der Waals surface area contributed by atoms with Gasteiger partial charge in [0.25, 0.3) is 0 Å². The van der Waals surface area contributed by atoms with Gasteiger partial charge in [-0.05, 0) is 84.6 Å². The molecule has 0 unspecified atom stereocenters.